The number of carbonyl (C=O) groups excluding carboxylic acids is 3. The molecule has 1 saturated heterocycles. The first kappa shape index (κ1) is 24.1. The zero-order valence-corrected chi connectivity index (χ0v) is 19.1. The zero-order chi connectivity index (χ0) is 23.6. The molecule has 1 aliphatic rings. The summed E-state index contributed by atoms with van der Waals surface area (Å²) >= 11 is 0. The molecule has 1 heterocycles. The van der Waals surface area contributed by atoms with Crippen LogP contribution in [0.4, 0.5) is 5.69 Å². The van der Waals surface area contributed by atoms with Crippen LogP contribution in [0.3, 0.4) is 0 Å². The minimum Gasteiger partial charge on any atom is -0.378 e. The number of Topliss-reactive ketones (excluding diaryl/α,β-unsaturated/α-hetero) is 3. The minimum atomic E-state index is 0.0186. The molecule has 0 spiro atoms. The van der Waals surface area contributed by atoms with Gasteiger partial charge < -0.3 is 9.64 Å². The minimum absolute atomic E-state index is 0.0186. The summed E-state index contributed by atoms with van der Waals surface area (Å²) in [6, 6.07) is 24.4. The summed E-state index contributed by atoms with van der Waals surface area (Å²) in [4.78, 5) is 36.2. The molecule has 0 atom stereocenters. The van der Waals surface area contributed by atoms with Crippen molar-refractivity contribution >= 4 is 23.0 Å². The third kappa shape index (κ3) is 7.22. The van der Waals surface area contributed by atoms with Crippen LogP contribution in [0.25, 0.3) is 0 Å². The Hall–Kier alpha value is -3.57. The van der Waals surface area contributed by atoms with Crippen molar-refractivity contribution in [3.05, 3.63) is 101 Å². The molecule has 5 heteroatoms. The van der Waals surface area contributed by atoms with Crippen LogP contribution in [-0.4, -0.2) is 43.7 Å². The first-order valence-electron chi connectivity index (χ1n) is 11.1. The van der Waals surface area contributed by atoms with Crippen LogP contribution >= 0.6 is 0 Å². The summed E-state index contributed by atoms with van der Waals surface area (Å²) in [5.41, 5.74) is 4.31. The highest BCUT2D eigenvalue weighted by Gasteiger charge is 2.12. The van der Waals surface area contributed by atoms with E-state index >= 15 is 0 Å². The van der Waals surface area contributed by atoms with E-state index in [1.165, 1.54) is 19.5 Å². The predicted octanol–water partition coefficient (Wildman–Crippen LogP) is 5.04. The fourth-order valence-electron chi connectivity index (χ4n) is 3.50. The van der Waals surface area contributed by atoms with Crippen molar-refractivity contribution in [1.29, 1.82) is 0 Å². The third-order valence-electron chi connectivity index (χ3n) is 5.47. The van der Waals surface area contributed by atoms with E-state index in [4.69, 9.17) is 4.74 Å². The first-order valence-corrected chi connectivity index (χ1v) is 11.1. The van der Waals surface area contributed by atoms with Crippen LogP contribution in [0, 0.1) is 0 Å². The summed E-state index contributed by atoms with van der Waals surface area (Å²) in [6.45, 7) is 6.44. The molecular formula is C28H29NO4. The Morgan fingerprint density at radius 2 is 1.21 bits per heavy atom. The Morgan fingerprint density at radius 3 is 1.70 bits per heavy atom. The molecule has 33 heavy (non-hydrogen) atoms. The Labute approximate surface area is 195 Å². The van der Waals surface area contributed by atoms with Crippen LogP contribution in [0.5, 0.6) is 0 Å². The lowest BCUT2D eigenvalue weighted by atomic mass is 10.0. The van der Waals surface area contributed by atoms with Gasteiger partial charge in [-0.25, -0.2) is 0 Å². The molecule has 3 aromatic carbocycles. The van der Waals surface area contributed by atoms with E-state index in [2.05, 4.69) is 17.0 Å². The van der Waals surface area contributed by atoms with Gasteiger partial charge in [0.2, 0.25) is 0 Å². The van der Waals surface area contributed by atoms with Gasteiger partial charge in [-0.15, -0.1) is 0 Å². The van der Waals surface area contributed by atoms with Crippen LogP contribution in [0.2, 0.25) is 0 Å². The SMILES string of the molecule is CC(=O)c1ccc(C(C)=O)cc1.O=C(Cc1ccc(N2CCOCC2)cc1)c1ccccc1. The molecule has 5 nitrogen and oxygen atoms in total. The number of carbonyl (C=O) groups is 3. The van der Waals surface area contributed by atoms with Crippen molar-refractivity contribution in [2.45, 2.75) is 20.3 Å². The summed E-state index contributed by atoms with van der Waals surface area (Å²) in [5.74, 6) is 0.199. The smallest absolute Gasteiger partial charge is 0.167 e. The average Bonchev–Trinajstić information content (AvgIpc) is 2.86. The van der Waals surface area contributed by atoms with E-state index in [1.54, 1.807) is 24.3 Å². The number of ether oxygens (including phenoxy) is 1. The number of rotatable bonds is 6. The molecule has 0 amide bonds. The van der Waals surface area contributed by atoms with Crippen LogP contribution in [0.1, 0.15) is 50.5 Å². The second kappa shape index (κ2) is 11.9. The fourth-order valence-corrected chi connectivity index (χ4v) is 3.50. The summed E-state index contributed by atoms with van der Waals surface area (Å²) < 4.78 is 5.36. The number of hydrogen-bond acceptors (Lipinski definition) is 5. The van der Waals surface area contributed by atoms with Crippen molar-refractivity contribution < 1.29 is 19.1 Å². The summed E-state index contributed by atoms with van der Waals surface area (Å²) in [6.07, 6.45) is 0.452. The Balaban J connectivity index is 0.000000218. The largest absolute Gasteiger partial charge is 0.378 e. The lowest BCUT2D eigenvalue weighted by Crippen LogP contribution is -2.36. The van der Waals surface area contributed by atoms with Crippen molar-refractivity contribution in [3.8, 4) is 0 Å². The van der Waals surface area contributed by atoms with Gasteiger partial charge in [0.05, 0.1) is 13.2 Å². The first-order chi connectivity index (χ1) is 15.9. The number of benzene rings is 3. The number of morpholine rings is 1. The van der Waals surface area contributed by atoms with E-state index in [-0.39, 0.29) is 17.3 Å². The number of anilines is 1. The number of nitrogens with zero attached hydrogens (tertiary/aromatic N) is 1. The molecule has 3 aromatic rings. The topological polar surface area (TPSA) is 63.7 Å². The predicted molar refractivity (Wildman–Crippen MR) is 130 cm³/mol. The van der Waals surface area contributed by atoms with E-state index in [1.807, 2.05) is 42.5 Å². The average molecular weight is 444 g/mol. The second-order valence-corrected chi connectivity index (χ2v) is 7.92. The van der Waals surface area contributed by atoms with Gasteiger partial charge in [0.1, 0.15) is 0 Å². The van der Waals surface area contributed by atoms with Gasteiger partial charge in [0.25, 0.3) is 0 Å². The van der Waals surface area contributed by atoms with E-state index in [0.717, 1.165) is 37.4 Å². The molecule has 0 aromatic heterocycles. The van der Waals surface area contributed by atoms with E-state index in [9.17, 15) is 14.4 Å². The van der Waals surface area contributed by atoms with E-state index < -0.39 is 0 Å². The number of hydrogen-bond donors (Lipinski definition) is 0. The summed E-state index contributed by atoms with van der Waals surface area (Å²) in [5, 5.41) is 0. The molecule has 1 fully saturated rings. The molecule has 4 rings (SSSR count). The Kier molecular flexibility index (Phi) is 8.67. The van der Waals surface area contributed by atoms with Crippen LogP contribution < -0.4 is 4.90 Å². The maximum atomic E-state index is 12.2. The maximum absolute atomic E-state index is 12.2. The Morgan fingerprint density at radius 1 is 0.697 bits per heavy atom. The van der Waals surface area contributed by atoms with Gasteiger partial charge in [-0.2, -0.15) is 0 Å². The van der Waals surface area contributed by atoms with Crippen molar-refractivity contribution in [1.82, 2.24) is 0 Å². The van der Waals surface area contributed by atoms with Crippen LogP contribution in [-0.2, 0) is 11.2 Å². The zero-order valence-electron chi connectivity index (χ0n) is 19.1. The molecule has 0 radical (unpaired) electrons. The lowest BCUT2D eigenvalue weighted by Gasteiger charge is -2.28. The van der Waals surface area contributed by atoms with Gasteiger partial charge in [-0.05, 0) is 31.5 Å². The van der Waals surface area contributed by atoms with Gasteiger partial charge in [0.15, 0.2) is 17.3 Å². The highest BCUT2D eigenvalue weighted by molar-refractivity contribution is 5.98. The second-order valence-electron chi connectivity index (χ2n) is 7.92. The standard InChI is InChI=1S/C18H19NO2.C10H10O2/c20-18(16-4-2-1-3-5-16)14-15-6-8-17(9-7-15)19-10-12-21-13-11-19;1-7(11)9-3-5-10(6-4-9)8(2)12/h1-9H,10-14H2;3-6H,1-2H3. The molecule has 1 aliphatic heterocycles. The molecule has 0 saturated carbocycles. The van der Waals surface area contributed by atoms with Gasteiger partial charge in [-0.3, -0.25) is 14.4 Å². The molecule has 0 aliphatic carbocycles. The quantitative estimate of drug-likeness (QED) is 0.500. The lowest BCUT2D eigenvalue weighted by molar-refractivity contribution is 0.0989. The van der Waals surface area contributed by atoms with Gasteiger partial charge >= 0.3 is 0 Å². The Bertz CT molecular complexity index is 1030. The molecule has 170 valence electrons. The van der Waals surface area contributed by atoms with Crippen molar-refractivity contribution in [2.24, 2.45) is 0 Å². The normalized spacial score (nSPS) is 13.0. The van der Waals surface area contributed by atoms with Crippen molar-refractivity contribution in [2.75, 3.05) is 31.2 Å². The fraction of sp³-hybridized carbons (Fsp3) is 0.250. The summed E-state index contributed by atoms with van der Waals surface area (Å²) in [7, 11) is 0. The van der Waals surface area contributed by atoms with Crippen molar-refractivity contribution in [3.63, 3.8) is 0 Å². The third-order valence-corrected chi connectivity index (χ3v) is 5.47. The molecular weight excluding hydrogens is 414 g/mol. The van der Waals surface area contributed by atoms with E-state index in [0.29, 0.717) is 17.5 Å². The molecule has 0 bridgehead atoms. The highest BCUT2D eigenvalue weighted by atomic mass is 16.5. The van der Waals surface area contributed by atoms with Crippen LogP contribution in [0.15, 0.2) is 78.9 Å². The molecule has 0 unspecified atom stereocenters. The monoisotopic (exact) mass is 443 g/mol. The number of ketones is 3. The van der Waals surface area contributed by atoms with Gasteiger partial charge in [0, 0.05) is 41.9 Å². The highest BCUT2D eigenvalue weighted by Crippen LogP contribution is 2.17. The van der Waals surface area contributed by atoms with Gasteiger partial charge in [-0.1, -0.05) is 66.7 Å². The molecule has 0 N–H and O–H groups in total. The maximum Gasteiger partial charge on any atom is 0.167 e.